The van der Waals surface area contributed by atoms with Crippen LogP contribution in [0.3, 0.4) is 0 Å². The molecular formula is C18H22N2O4S. The van der Waals surface area contributed by atoms with E-state index in [0.717, 1.165) is 11.3 Å². The number of hydrogen-bond acceptors (Lipinski definition) is 4. The number of sulfonamides is 1. The van der Waals surface area contributed by atoms with Gasteiger partial charge in [0.05, 0.1) is 12.0 Å². The molecule has 0 fully saturated rings. The highest BCUT2D eigenvalue weighted by atomic mass is 32.2. The molecular weight excluding hydrogens is 340 g/mol. The standard InChI is InChI=1S/C18H22N2O4S/c1-20(2)18(21)15-8-10-16(11-9-15)25(22,23)19-13-12-14-6-4-5-7-17(14)24-3/h4-11,19H,12-13H2,1-3H3. The summed E-state index contributed by atoms with van der Waals surface area (Å²) in [6, 6.07) is 13.4. The fraction of sp³-hybridized carbons (Fsp3) is 0.278. The molecule has 0 aliphatic carbocycles. The molecule has 7 heteroatoms. The van der Waals surface area contributed by atoms with Gasteiger partial charge in [-0.15, -0.1) is 0 Å². The molecule has 0 spiro atoms. The average molecular weight is 362 g/mol. The van der Waals surface area contributed by atoms with Gasteiger partial charge in [0, 0.05) is 26.2 Å². The van der Waals surface area contributed by atoms with Gasteiger partial charge in [-0.25, -0.2) is 13.1 Å². The summed E-state index contributed by atoms with van der Waals surface area (Å²) < 4.78 is 32.5. The van der Waals surface area contributed by atoms with Gasteiger partial charge in [0.2, 0.25) is 10.0 Å². The van der Waals surface area contributed by atoms with Gasteiger partial charge in [-0.3, -0.25) is 4.79 Å². The van der Waals surface area contributed by atoms with Crippen LogP contribution in [0.4, 0.5) is 0 Å². The van der Waals surface area contributed by atoms with Crippen LogP contribution in [-0.4, -0.2) is 47.0 Å². The fourth-order valence-corrected chi connectivity index (χ4v) is 3.38. The third-order valence-corrected chi connectivity index (χ3v) is 5.17. The summed E-state index contributed by atoms with van der Waals surface area (Å²) in [5, 5.41) is 0. The van der Waals surface area contributed by atoms with E-state index in [1.54, 1.807) is 21.2 Å². The number of nitrogens with zero attached hydrogens (tertiary/aromatic N) is 1. The molecule has 0 bridgehead atoms. The highest BCUT2D eigenvalue weighted by Crippen LogP contribution is 2.18. The quantitative estimate of drug-likeness (QED) is 0.816. The summed E-state index contributed by atoms with van der Waals surface area (Å²) in [7, 11) is 1.24. The maximum absolute atomic E-state index is 12.4. The van der Waals surface area contributed by atoms with Crippen LogP contribution in [0.15, 0.2) is 53.4 Å². The average Bonchev–Trinajstić information content (AvgIpc) is 2.61. The molecule has 2 aromatic rings. The number of para-hydroxylation sites is 1. The number of carbonyl (C=O) groups excluding carboxylic acids is 1. The van der Waals surface area contributed by atoms with E-state index in [4.69, 9.17) is 4.74 Å². The first-order chi connectivity index (χ1) is 11.8. The Kier molecular flexibility index (Phi) is 6.17. The minimum absolute atomic E-state index is 0.128. The van der Waals surface area contributed by atoms with E-state index in [-0.39, 0.29) is 17.3 Å². The Morgan fingerprint density at radius 2 is 1.72 bits per heavy atom. The zero-order valence-corrected chi connectivity index (χ0v) is 15.3. The number of amides is 1. The number of hydrogen-bond donors (Lipinski definition) is 1. The zero-order valence-electron chi connectivity index (χ0n) is 14.5. The summed E-state index contributed by atoms with van der Waals surface area (Å²) in [6.45, 7) is 0.251. The molecule has 0 radical (unpaired) electrons. The summed E-state index contributed by atoms with van der Waals surface area (Å²) >= 11 is 0. The third kappa shape index (κ3) is 4.80. The first-order valence-corrected chi connectivity index (χ1v) is 9.27. The van der Waals surface area contributed by atoms with Crippen molar-refractivity contribution >= 4 is 15.9 Å². The predicted octanol–water partition coefficient (Wildman–Crippen LogP) is 1.92. The SMILES string of the molecule is COc1ccccc1CCNS(=O)(=O)c1ccc(C(=O)N(C)C)cc1. The van der Waals surface area contributed by atoms with Crippen molar-refractivity contribution in [2.75, 3.05) is 27.7 Å². The highest BCUT2D eigenvalue weighted by molar-refractivity contribution is 7.89. The fourth-order valence-electron chi connectivity index (χ4n) is 2.35. The van der Waals surface area contributed by atoms with Crippen molar-refractivity contribution in [2.45, 2.75) is 11.3 Å². The predicted molar refractivity (Wildman–Crippen MR) is 96.3 cm³/mol. The van der Waals surface area contributed by atoms with Crippen LogP contribution in [0.25, 0.3) is 0 Å². The lowest BCUT2D eigenvalue weighted by atomic mass is 10.1. The van der Waals surface area contributed by atoms with Crippen molar-refractivity contribution in [3.05, 3.63) is 59.7 Å². The van der Waals surface area contributed by atoms with Crippen LogP contribution < -0.4 is 9.46 Å². The Hall–Kier alpha value is -2.38. The number of rotatable bonds is 7. The van der Waals surface area contributed by atoms with Crippen LogP contribution in [0.5, 0.6) is 5.75 Å². The van der Waals surface area contributed by atoms with Gasteiger partial charge in [-0.05, 0) is 42.3 Å². The molecule has 0 aliphatic heterocycles. The van der Waals surface area contributed by atoms with Gasteiger partial charge in [0.1, 0.15) is 5.75 Å². The Morgan fingerprint density at radius 3 is 2.32 bits per heavy atom. The van der Waals surface area contributed by atoms with Gasteiger partial charge >= 0.3 is 0 Å². The molecule has 0 saturated heterocycles. The maximum Gasteiger partial charge on any atom is 0.253 e. The van der Waals surface area contributed by atoms with Gasteiger partial charge in [-0.2, -0.15) is 0 Å². The summed E-state index contributed by atoms with van der Waals surface area (Å²) in [5.74, 6) is 0.557. The molecule has 0 aromatic heterocycles. The molecule has 0 saturated carbocycles. The van der Waals surface area contributed by atoms with Gasteiger partial charge in [0.15, 0.2) is 0 Å². The Balaban J connectivity index is 2.03. The van der Waals surface area contributed by atoms with Gasteiger partial charge < -0.3 is 9.64 Å². The van der Waals surface area contributed by atoms with Crippen molar-refractivity contribution in [3.63, 3.8) is 0 Å². The van der Waals surface area contributed by atoms with Gasteiger partial charge in [-0.1, -0.05) is 18.2 Å². The molecule has 1 N–H and O–H groups in total. The lowest BCUT2D eigenvalue weighted by molar-refractivity contribution is 0.0827. The van der Waals surface area contributed by atoms with Crippen molar-refractivity contribution < 1.29 is 17.9 Å². The van der Waals surface area contributed by atoms with Crippen molar-refractivity contribution in [1.82, 2.24) is 9.62 Å². The minimum atomic E-state index is -3.63. The van der Waals surface area contributed by atoms with E-state index >= 15 is 0 Å². The maximum atomic E-state index is 12.4. The highest BCUT2D eigenvalue weighted by Gasteiger charge is 2.15. The lowest BCUT2D eigenvalue weighted by Gasteiger charge is -2.11. The zero-order chi connectivity index (χ0) is 18.4. The second-order valence-electron chi connectivity index (χ2n) is 5.68. The van der Waals surface area contributed by atoms with Crippen molar-refractivity contribution in [3.8, 4) is 5.75 Å². The van der Waals surface area contributed by atoms with Crippen LogP contribution in [0.1, 0.15) is 15.9 Å². The molecule has 6 nitrogen and oxygen atoms in total. The Morgan fingerprint density at radius 1 is 1.08 bits per heavy atom. The summed E-state index contributed by atoms with van der Waals surface area (Å²) in [5.41, 5.74) is 1.37. The smallest absolute Gasteiger partial charge is 0.253 e. The van der Waals surface area contributed by atoms with Crippen LogP contribution in [0.2, 0.25) is 0 Å². The van der Waals surface area contributed by atoms with E-state index in [1.165, 1.54) is 29.2 Å². The number of methoxy groups -OCH3 is 1. The second-order valence-corrected chi connectivity index (χ2v) is 7.45. The van der Waals surface area contributed by atoms with E-state index < -0.39 is 10.0 Å². The Bertz CT molecular complexity index is 830. The summed E-state index contributed by atoms with van der Waals surface area (Å²) in [6.07, 6.45) is 0.514. The normalized spacial score (nSPS) is 11.2. The van der Waals surface area contributed by atoms with Crippen LogP contribution in [-0.2, 0) is 16.4 Å². The van der Waals surface area contributed by atoms with E-state index in [1.807, 2.05) is 24.3 Å². The second kappa shape index (κ2) is 8.13. The number of nitrogens with one attached hydrogen (secondary N) is 1. The molecule has 0 atom stereocenters. The van der Waals surface area contributed by atoms with Crippen LogP contribution >= 0.6 is 0 Å². The monoisotopic (exact) mass is 362 g/mol. The van der Waals surface area contributed by atoms with Crippen molar-refractivity contribution in [1.29, 1.82) is 0 Å². The number of carbonyl (C=O) groups is 1. The molecule has 2 rings (SSSR count). The topological polar surface area (TPSA) is 75.7 Å². The molecule has 0 aliphatic rings. The Labute approximate surface area is 148 Å². The minimum Gasteiger partial charge on any atom is -0.496 e. The third-order valence-electron chi connectivity index (χ3n) is 3.70. The molecule has 25 heavy (non-hydrogen) atoms. The van der Waals surface area contributed by atoms with Crippen molar-refractivity contribution in [2.24, 2.45) is 0 Å². The number of ether oxygens (including phenoxy) is 1. The first kappa shape index (κ1) is 19.0. The van der Waals surface area contributed by atoms with Crippen LogP contribution in [0, 0.1) is 0 Å². The largest absolute Gasteiger partial charge is 0.496 e. The molecule has 0 unspecified atom stereocenters. The molecule has 1 amide bonds. The molecule has 2 aromatic carbocycles. The van der Waals surface area contributed by atoms with E-state index in [9.17, 15) is 13.2 Å². The summed E-state index contributed by atoms with van der Waals surface area (Å²) in [4.78, 5) is 13.4. The number of benzene rings is 2. The molecule has 0 heterocycles. The lowest BCUT2D eigenvalue weighted by Crippen LogP contribution is -2.26. The van der Waals surface area contributed by atoms with Gasteiger partial charge in [0.25, 0.3) is 5.91 Å². The van der Waals surface area contributed by atoms with E-state index in [0.29, 0.717) is 12.0 Å². The molecule has 134 valence electrons. The first-order valence-electron chi connectivity index (χ1n) is 7.78. The van der Waals surface area contributed by atoms with E-state index in [2.05, 4.69) is 4.72 Å².